The maximum absolute atomic E-state index is 12.8. The van der Waals surface area contributed by atoms with Gasteiger partial charge in [0.1, 0.15) is 11.9 Å². The van der Waals surface area contributed by atoms with E-state index in [2.05, 4.69) is 15.2 Å². The van der Waals surface area contributed by atoms with Crippen molar-refractivity contribution < 1.29 is 14.3 Å². The van der Waals surface area contributed by atoms with Crippen molar-refractivity contribution in [3.8, 4) is 0 Å². The Bertz CT molecular complexity index is 895. The molecule has 8 heteroatoms. The van der Waals surface area contributed by atoms with E-state index in [1.165, 1.54) is 7.11 Å². The first kappa shape index (κ1) is 18.9. The average Bonchev–Trinajstić information content (AvgIpc) is 2.79. The Balaban J connectivity index is 1.55. The Morgan fingerprint density at radius 2 is 1.72 bits per heavy atom. The molecule has 3 heterocycles. The average molecular weight is 393 g/mol. The largest absolute Gasteiger partial charge is 0.468 e. The molecule has 2 aromatic rings. The van der Waals surface area contributed by atoms with Crippen LogP contribution in [0.3, 0.4) is 0 Å². The van der Waals surface area contributed by atoms with Gasteiger partial charge in [-0.3, -0.25) is 14.9 Å². The van der Waals surface area contributed by atoms with Crippen LogP contribution < -0.4 is 10.2 Å². The summed E-state index contributed by atoms with van der Waals surface area (Å²) in [6.45, 7) is 2.92. The molecule has 0 spiro atoms. The molecule has 1 fully saturated rings. The molecule has 0 saturated carbocycles. The number of amides is 1. The number of anilines is 1. The summed E-state index contributed by atoms with van der Waals surface area (Å²) in [4.78, 5) is 38.4. The molecule has 2 atom stereocenters. The van der Waals surface area contributed by atoms with E-state index in [1.54, 1.807) is 6.20 Å². The molecule has 1 aromatic carbocycles. The molecule has 4 rings (SSSR count). The highest BCUT2D eigenvalue weighted by Gasteiger charge is 2.41. The van der Waals surface area contributed by atoms with E-state index in [1.807, 2.05) is 53.4 Å². The maximum Gasteiger partial charge on any atom is 0.320 e. The zero-order valence-electron chi connectivity index (χ0n) is 16.2. The van der Waals surface area contributed by atoms with Crippen LogP contribution in [-0.2, 0) is 14.3 Å². The first-order chi connectivity index (χ1) is 14.2. The van der Waals surface area contributed by atoms with Crippen molar-refractivity contribution in [1.29, 1.82) is 0 Å². The van der Waals surface area contributed by atoms with E-state index in [0.29, 0.717) is 19.0 Å². The maximum atomic E-state index is 12.8. The van der Waals surface area contributed by atoms with Gasteiger partial charge in [-0.25, -0.2) is 9.98 Å². The Hall–Kier alpha value is -3.42. The van der Waals surface area contributed by atoms with Gasteiger partial charge in [0.2, 0.25) is 11.9 Å². The number of hydrogen-bond acceptors (Lipinski definition) is 7. The number of hydrogen-bond donors (Lipinski definition) is 1. The van der Waals surface area contributed by atoms with Crippen molar-refractivity contribution >= 4 is 23.7 Å². The van der Waals surface area contributed by atoms with E-state index < -0.39 is 17.9 Å². The predicted octanol–water partition coefficient (Wildman–Crippen LogP) is 1.22. The van der Waals surface area contributed by atoms with Crippen molar-refractivity contribution in [2.75, 3.05) is 38.2 Å². The topological polar surface area (TPSA) is 87.1 Å². The van der Waals surface area contributed by atoms with Crippen LogP contribution in [0, 0.1) is 5.92 Å². The van der Waals surface area contributed by atoms with Gasteiger partial charge in [-0.1, -0.05) is 36.4 Å². The van der Waals surface area contributed by atoms with Crippen molar-refractivity contribution in [2.24, 2.45) is 10.9 Å². The SMILES string of the molecule is COC(=O)[C@@H]1C(=O)NC(N2CCN(c3ccccn3)CC2)=N[C@H]1c1ccccc1. The van der Waals surface area contributed by atoms with E-state index in [4.69, 9.17) is 9.73 Å². The highest BCUT2D eigenvalue weighted by molar-refractivity contribution is 6.08. The fourth-order valence-electron chi connectivity index (χ4n) is 3.70. The van der Waals surface area contributed by atoms with Crippen molar-refractivity contribution in [3.05, 3.63) is 60.3 Å². The van der Waals surface area contributed by atoms with E-state index in [-0.39, 0.29) is 5.91 Å². The first-order valence-electron chi connectivity index (χ1n) is 9.60. The van der Waals surface area contributed by atoms with Crippen LogP contribution in [0.25, 0.3) is 0 Å². The number of rotatable bonds is 3. The van der Waals surface area contributed by atoms with Crippen LogP contribution in [0.1, 0.15) is 11.6 Å². The van der Waals surface area contributed by atoms with Crippen LogP contribution in [0.15, 0.2) is 59.7 Å². The summed E-state index contributed by atoms with van der Waals surface area (Å²) in [5.41, 5.74) is 0.808. The molecule has 2 aliphatic rings. The summed E-state index contributed by atoms with van der Waals surface area (Å²) < 4.78 is 4.86. The molecule has 0 bridgehead atoms. The molecule has 0 radical (unpaired) electrons. The number of benzene rings is 1. The van der Waals surface area contributed by atoms with Crippen LogP contribution in [0.4, 0.5) is 5.82 Å². The van der Waals surface area contributed by atoms with Gasteiger partial charge in [-0.2, -0.15) is 0 Å². The molecule has 8 nitrogen and oxygen atoms in total. The molecular weight excluding hydrogens is 370 g/mol. The molecule has 1 aromatic heterocycles. The van der Waals surface area contributed by atoms with Crippen molar-refractivity contribution in [2.45, 2.75) is 6.04 Å². The number of esters is 1. The lowest BCUT2D eigenvalue weighted by Crippen LogP contribution is -2.57. The molecule has 0 unspecified atom stereocenters. The summed E-state index contributed by atoms with van der Waals surface area (Å²) in [7, 11) is 1.29. The third-order valence-corrected chi connectivity index (χ3v) is 5.24. The van der Waals surface area contributed by atoms with Crippen LogP contribution in [0.2, 0.25) is 0 Å². The molecule has 2 aliphatic heterocycles. The van der Waals surface area contributed by atoms with Crippen molar-refractivity contribution in [3.63, 3.8) is 0 Å². The second kappa shape index (κ2) is 8.30. The number of nitrogens with zero attached hydrogens (tertiary/aromatic N) is 4. The molecule has 1 N–H and O–H groups in total. The number of aliphatic imine (C=N–C) groups is 1. The van der Waals surface area contributed by atoms with Gasteiger partial charge >= 0.3 is 5.97 Å². The minimum Gasteiger partial charge on any atom is -0.468 e. The van der Waals surface area contributed by atoms with Crippen LogP contribution >= 0.6 is 0 Å². The summed E-state index contributed by atoms with van der Waals surface area (Å²) in [6.07, 6.45) is 1.78. The number of carbonyl (C=O) groups excluding carboxylic acids is 2. The molecule has 150 valence electrons. The molecule has 0 aliphatic carbocycles. The normalized spacial score (nSPS) is 22.0. The number of aromatic nitrogens is 1. The first-order valence-corrected chi connectivity index (χ1v) is 9.60. The van der Waals surface area contributed by atoms with Crippen molar-refractivity contribution in [1.82, 2.24) is 15.2 Å². The number of pyridine rings is 1. The zero-order chi connectivity index (χ0) is 20.2. The van der Waals surface area contributed by atoms with Crippen LogP contribution in [0.5, 0.6) is 0 Å². The van der Waals surface area contributed by atoms with E-state index in [9.17, 15) is 9.59 Å². The lowest BCUT2D eigenvalue weighted by molar-refractivity contribution is -0.151. The third kappa shape index (κ3) is 3.91. The lowest BCUT2D eigenvalue weighted by Gasteiger charge is -2.39. The summed E-state index contributed by atoms with van der Waals surface area (Å²) >= 11 is 0. The predicted molar refractivity (Wildman–Crippen MR) is 108 cm³/mol. The summed E-state index contributed by atoms with van der Waals surface area (Å²) in [5.74, 6) is -0.526. The number of carbonyl (C=O) groups is 2. The number of piperazine rings is 1. The lowest BCUT2D eigenvalue weighted by atomic mass is 9.91. The number of guanidine groups is 1. The fraction of sp³-hybridized carbons (Fsp3) is 0.333. The molecular formula is C21H23N5O3. The fourth-order valence-corrected chi connectivity index (χ4v) is 3.70. The highest BCUT2D eigenvalue weighted by atomic mass is 16.5. The quantitative estimate of drug-likeness (QED) is 0.623. The van der Waals surface area contributed by atoms with E-state index in [0.717, 1.165) is 24.5 Å². The molecule has 1 amide bonds. The van der Waals surface area contributed by atoms with Gasteiger partial charge in [0.05, 0.1) is 7.11 Å². The third-order valence-electron chi connectivity index (χ3n) is 5.24. The second-order valence-electron chi connectivity index (χ2n) is 6.96. The van der Waals surface area contributed by atoms with E-state index >= 15 is 0 Å². The monoisotopic (exact) mass is 393 g/mol. The van der Waals surface area contributed by atoms with Gasteiger partial charge in [0.25, 0.3) is 0 Å². The van der Waals surface area contributed by atoms with Crippen LogP contribution in [-0.4, -0.2) is 61.0 Å². The second-order valence-corrected chi connectivity index (χ2v) is 6.96. The Labute approximate surface area is 169 Å². The zero-order valence-corrected chi connectivity index (χ0v) is 16.2. The summed E-state index contributed by atoms with van der Waals surface area (Å²) in [5, 5.41) is 2.81. The Morgan fingerprint density at radius 1 is 1.03 bits per heavy atom. The highest BCUT2D eigenvalue weighted by Crippen LogP contribution is 2.30. The molecule has 29 heavy (non-hydrogen) atoms. The Morgan fingerprint density at radius 3 is 2.38 bits per heavy atom. The standard InChI is InChI=1S/C21H23N5O3/c1-29-20(28)17-18(15-7-3-2-4-8-15)23-21(24-19(17)27)26-13-11-25(12-14-26)16-9-5-6-10-22-16/h2-10,17-18H,11-14H2,1H3,(H,23,24,27)/t17-,18-/m0/s1. The van der Waals surface area contributed by atoms with Gasteiger partial charge in [-0.05, 0) is 17.7 Å². The van der Waals surface area contributed by atoms with Gasteiger partial charge in [0.15, 0.2) is 5.92 Å². The number of nitrogens with one attached hydrogen (secondary N) is 1. The van der Waals surface area contributed by atoms with Gasteiger partial charge < -0.3 is 14.5 Å². The number of ether oxygens (including phenoxy) is 1. The summed E-state index contributed by atoms with van der Waals surface area (Å²) in [6, 6.07) is 14.6. The Kier molecular flexibility index (Phi) is 5.41. The molecule has 1 saturated heterocycles. The van der Waals surface area contributed by atoms with Gasteiger partial charge in [-0.15, -0.1) is 0 Å². The number of methoxy groups -OCH3 is 1. The van der Waals surface area contributed by atoms with Gasteiger partial charge in [0, 0.05) is 32.4 Å². The minimum atomic E-state index is -0.999. The smallest absolute Gasteiger partial charge is 0.320 e. The minimum absolute atomic E-state index is 0.386.